The van der Waals surface area contributed by atoms with E-state index < -0.39 is 5.91 Å². The van der Waals surface area contributed by atoms with E-state index in [0.29, 0.717) is 0 Å². The molecule has 0 aliphatic rings. The van der Waals surface area contributed by atoms with E-state index in [2.05, 4.69) is 16.8 Å². The van der Waals surface area contributed by atoms with Crippen LogP contribution in [-0.4, -0.2) is 34.3 Å². The Labute approximate surface area is 142 Å². The zero-order valence-electron chi connectivity index (χ0n) is 14.4. The van der Waals surface area contributed by atoms with E-state index in [0.717, 1.165) is 48.4 Å². The smallest absolute Gasteiger partial charge is 0.267 e. The van der Waals surface area contributed by atoms with Crippen molar-refractivity contribution in [3.05, 3.63) is 35.7 Å². The van der Waals surface area contributed by atoms with Gasteiger partial charge in [-0.2, -0.15) is 0 Å². The highest BCUT2D eigenvalue weighted by Crippen LogP contribution is 2.20. The van der Waals surface area contributed by atoms with E-state index in [-0.39, 0.29) is 0 Å². The van der Waals surface area contributed by atoms with Gasteiger partial charge in [0.2, 0.25) is 0 Å². The minimum Gasteiger partial charge on any atom is -0.327 e. The number of fused-ring (bicyclic) bond motifs is 1. The minimum atomic E-state index is -0.546. The molecule has 0 radical (unpaired) electrons. The van der Waals surface area contributed by atoms with Gasteiger partial charge in [0.05, 0.1) is 11.0 Å². The molecule has 2 aromatic rings. The van der Waals surface area contributed by atoms with Crippen LogP contribution < -0.4 is 10.8 Å². The Morgan fingerprint density at radius 2 is 2.21 bits per heavy atom. The number of likely N-dealkylation sites (N-methyl/N-ethyl adjacent to an activating group) is 1. The molecule has 0 aliphatic heterocycles. The molecule has 3 N–H and O–H groups in total. The van der Waals surface area contributed by atoms with Crippen LogP contribution in [-0.2, 0) is 17.8 Å². The molecule has 0 fully saturated rings. The van der Waals surface area contributed by atoms with Crippen molar-refractivity contribution in [2.24, 2.45) is 0 Å². The van der Waals surface area contributed by atoms with Crippen LogP contribution in [0, 0.1) is 0 Å². The van der Waals surface area contributed by atoms with E-state index in [1.807, 2.05) is 25.2 Å². The molecule has 0 aliphatic carbocycles. The van der Waals surface area contributed by atoms with Gasteiger partial charge in [-0.25, -0.2) is 10.5 Å². The summed E-state index contributed by atoms with van der Waals surface area (Å²) in [5.41, 5.74) is 4.51. The average molecular weight is 330 g/mol. The van der Waals surface area contributed by atoms with Gasteiger partial charge in [0.25, 0.3) is 5.91 Å². The van der Waals surface area contributed by atoms with Crippen molar-refractivity contribution >= 4 is 23.0 Å². The molecule has 130 valence electrons. The molecule has 1 amide bonds. The molecular weight excluding hydrogens is 304 g/mol. The van der Waals surface area contributed by atoms with Crippen molar-refractivity contribution in [2.45, 2.75) is 39.2 Å². The van der Waals surface area contributed by atoms with Gasteiger partial charge in [-0.1, -0.05) is 25.8 Å². The average Bonchev–Trinajstić information content (AvgIpc) is 2.94. The van der Waals surface area contributed by atoms with E-state index in [1.54, 1.807) is 11.6 Å². The van der Waals surface area contributed by atoms with E-state index in [9.17, 15) is 4.79 Å². The molecular formula is C18H26N4O2. The summed E-state index contributed by atoms with van der Waals surface area (Å²) in [5, 5.41) is 11.7. The number of nitrogens with zero attached hydrogens (tertiary/aromatic N) is 2. The summed E-state index contributed by atoms with van der Waals surface area (Å²) in [5.74, 6) is 0.567. The molecule has 0 unspecified atom stereocenters. The maximum absolute atomic E-state index is 11.1. The second-order valence-electron chi connectivity index (χ2n) is 5.80. The Morgan fingerprint density at radius 1 is 1.38 bits per heavy atom. The number of carbonyl (C=O) groups excluding carboxylic acids is 1. The number of rotatable bonds is 9. The van der Waals surface area contributed by atoms with Crippen LogP contribution in [0.5, 0.6) is 0 Å². The zero-order chi connectivity index (χ0) is 17.4. The van der Waals surface area contributed by atoms with Gasteiger partial charge in [-0.05, 0) is 37.2 Å². The van der Waals surface area contributed by atoms with Crippen LogP contribution in [0.25, 0.3) is 17.1 Å². The molecule has 1 aromatic carbocycles. The van der Waals surface area contributed by atoms with Gasteiger partial charge in [0, 0.05) is 25.6 Å². The number of carbonyl (C=O) groups is 1. The fourth-order valence-corrected chi connectivity index (χ4v) is 2.71. The lowest BCUT2D eigenvalue weighted by Crippen LogP contribution is -2.16. The maximum atomic E-state index is 11.1. The van der Waals surface area contributed by atoms with Crippen molar-refractivity contribution in [2.75, 3.05) is 13.6 Å². The molecule has 0 saturated carbocycles. The van der Waals surface area contributed by atoms with Crippen LogP contribution in [0.3, 0.4) is 0 Å². The Balaban J connectivity index is 2.30. The number of aryl methyl sites for hydroxylation is 1. The number of aromatic nitrogens is 2. The number of nitrogens with one attached hydrogen (secondary N) is 2. The zero-order valence-corrected chi connectivity index (χ0v) is 14.4. The molecule has 0 spiro atoms. The lowest BCUT2D eigenvalue weighted by molar-refractivity contribution is -0.124. The standard InChI is InChI=1S/C18H26N4O2/c1-3-4-5-6-17-20-15-13-14(8-10-18(23)21-24)7-9-16(15)22(17)12-11-19-2/h7-10,13,19,24H,3-6,11-12H2,1-2H3,(H,21,23)/b10-8+. The molecule has 6 nitrogen and oxygen atoms in total. The number of hydrogen-bond acceptors (Lipinski definition) is 4. The second-order valence-corrected chi connectivity index (χ2v) is 5.80. The van der Waals surface area contributed by atoms with Crippen molar-refractivity contribution < 1.29 is 10.0 Å². The predicted molar refractivity (Wildman–Crippen MR) is 95.9 cm³/mol. The maximum Gasteiger partial charge on any atom is 0.267 e. The third-order valence-electron chi connectivity index (χ3n) is 3.98. The molecule has 1 heterocycles. The first-order valence-corrected chi connectivity index (χ1v) is 8.45. The molecule has 24 heavy (non-hydrogen) atoms. The van der Waals surface area contributed by atoms with Gasteiger partial charge in [-0.15, -0.1) is 0 Å². The number of hydroxylamine groups is 1. The highest BCUT2D eigenvalue weighted by molar-refractivity contribution is 5.91. The first-order valence-electron chi connectivity index (χ1n) is 8.45. The Hall–Kier alpha value is -2.18. The monoisotopic (exact) mass is 330 g/mol. The van der Waals surface area contributed by atoms with Crippen LogP contribution in [0.15, 0.2) is 24.3 Å². The lowest BCUT2D eigenvalue weighted by atomic mass is 10.2. The topological polar surface area (TPSA) is 79.2 Å². The third kappa shape index (κ3) is 4.66. The summed E-state index contributed by atoms with van der Waals surface area (Å²) in [4.78, 5) is 15.9. The van der Waals surface area contributed by atoms with Crippen LogP contribution >= 0.6 is 0 Å². The van der Waals surface area contributed by atoms with Gasteiger partial charge in [-0.3, -0.25) is 10.0 Å². The largest absolute Gasteiger partial charge is 0.327 e. The van der Waals surface area contributed by atoms with Crippen LogP contribution in [0.1, 0.15) is 37.6 Å². The number of imidazole rings is 1. The van der Waals surface area contributed by atoms with E-state index >= 15 is 0 Å². The Morgan fingerprint density at radius 3 is 2.92 bits per heavy atom. The molecule has 6 heteroatoms. The third-order valence-corrected chi connectivity index (χ3v) is 3.98. The second kappa shape index (κ2) is 9.20. The lowest BCUT2D eigenvalue weighted by Gasteiger charge is -2.08. The normalized spacial score (nSPS) is 11.5. The van der Waals surface area contributed by atoms with Gasteiger partial charge < -0.3 is 9.88 Å². The summed E-state index contributed by atoms with van der Waals surface area (Å²) in [6, 6.07) is 5.96. The molecule has 0 saturated heterocycles. The highest BCUT2D eigenvalue weighted by Gasteiger charge is 2.10. The minimum absolute atomic E-state index is 0.546. The summed E-state index contributed by atoms with van der Waals surface area (Å²) in [6.45, 7) is 3.98. The first kappa shape index (κ1) is 18.2. The van der Waals surface area contributed by atoms with Crippen molar-refractivity contribution in [3.63, 3.8) is 0 Å². The quantitative estimate of drug-likeness (QED) is 0.286. The van der Waals surface area contributed by atoms with Gasteiger partial charge in [0.1, 0.15) is 5.82 Å². The van der Waals surface area contributed by atoms with Crippen molar-refractivity contribution in [1.82, 2.24) is 20.3 Å². The number of benzene rings is 1. The number of amides is 1. The van der Waals surface area contributed by atoms with Crippen LogP contribution in [0.2, 0.25) is 0 Å². The molecule has 0 atom stereocenters. The van der Waals surface area contributed by atoms with Gasteiger partial charge in [0.15, 0.2) is 0 Å². The Bertz CT molecular complexity index is 706. The van der Waals surface area contributed by atoms with Gasteiger partial charge >= 0.3 is 0 Å². The number of hydrogen-bond donors (Lipinski definition) is 3. The molecule has 0 bridgehead atoms. The van der Waals surface area contributed by atoms with Crippen molar-refractivity contribution in [1.29, 1.82) is 0 Å². The van der Waals surface area contributed by atoms with E-state index in [4.69, 9.17) is 10.2 Å². The molecule has 2 rings (SSSR count). The van der Waals surface area contributed by atoms with Crippen molar-refractivity contribution in [3.8, 4) is 0 Å². The summed E-state index contributed by atoms with van der Waals surface area (Å²) in [6.07, 6.45) is 7.47. The number of unbranched alkanes of at least 4 members (excludes halogenated alkanes) is 2. The SMILES string of the molecule is CCCCCc1nc2cc(/C=C/C(=O)NO)ccc2n1CCNC. The highest BCUT2D eigenvalue weighted by atomic mass is 16.5. The Kier molecular flexibility index (Phi) is 6.96. The van der Waals surface area contributed by atoms with Crippen LogP contribution in [0.4, 0.5) is 0 Å². The predicted octanol–water partition coefficient (Wildman–Crippen LogP) is 2.51. The first-order chi connectivity index (χ1) is 11.7. The fourth-order valence-electron chi connectivity index (χ4n) is 2.71. The molecule has 1 aromatic heterocycles. The summed E-state index contributed by atoms with van der Waals surface area (Å²) in [7, 11) is 1.95. The van der Waals surface area contributed by atoms with E-state index in [1.165, 1.54) is 18.9 Å². The fraction of sp³-hybridized carbons (Fsp3) is 0.444. The summed E-state index contributed by atoms with van der Waals surface area (Å²) < 4.78 is 2.27. The summed E-state index contributed by atoms with van der Waals surface area (Å²) >= 11 is 0.